The van der Waals surface area contributed by atoms with Crippen LogP contribution in [0.4, 0.5) is 13.2 Å². The van der Waals surface area contributed by atoms with Gasteiger partial charge < -0.3 is 10.4 Å². The predicted octanol–water partition coefficient (Wildman–Crippen LogP) is 3.17. The first-order valence-electron chi connectivity index (χ1n) is 7.43. The molecule has 7 heteroatoms. The smallest absolute Gasteiger partial charge is 0.403 e. The molecule has 2 N–H and O–H groups in total. The van der Waals surface area contributed by atoms with Gasteiger partial charge in [-0.25, -0.2) is 4.79 Å². The Labute approximate surface area is 131 Å². The van der Waals surface area contributed by atoms with Crippen LogP contribution in [0, 0.1) is 5.41 Å². The zero-order chi connectivity index (χ0) is 17.1. The number of carbonyl (C=O) groups is 2. The minimum Gasteiger partial charge on any atom is -0.478 e. The van der Waals surface area contributed by atoms with E-state index in [0.29, 0.717) is 19.3 Å². The van der Waals surface area contributed by atoms with Crippen molar-refractivity contribution in [3.05, 3.63) is 35.4 Å². The van der Waals surface area contributed by atoms with Crippen LogP contribution >= 0.6 is 0 Å². The molecule has 1 saturated carbocycles. The summed E-state index contributed by atoms with van der Waals surface area (Å²) in [6.45, 7) is 0.0864. The number of carbonyl (C=O) groups excluding carboxylic acids is 1. The highest BCUT2D eigenvalue weighted by Crippen LogP contribution is 2.50. The summed E-state index contributed by atoms with van der Waals surface area (Å²) in [6.07, 6.45) is -3.69. The lowest BCUT2D eigenvalue weighted by Crippen LogP contribution is -2.49. The first kappa shape index (κ1) is 17.3. The average Bonchev–Trinajstić information content (AvgIpc) is 2.98. The van der Waals surface area contributed by atoms with Gasteiger partial charge in [-0.05, 0) is 37.0 Å². The summed E-state index contributed by atoms with van der Waals surface area (Å²) in [5.41, 5.74) is -1.36. The number of aromatic carboxylic acids is 1. The van der Waals surface area contributed by atoms with Crippen molar-refractivity contribution in [2.45, 2.75) is 38.3 Å². The van der Waals surface area contributed by atoms with Crippen molar-refractivity contribution in [1.82, 2.24) is 5.32 Å². The molecule has 0 bridgehead atoms. The molecule has 0 aromatic heterocycles. The SMILES string of the molecule is O=C(O)c1ccc(CCNC(=O)C2(C(F)(F)F)CCCC2)cc1. The molecular formula is C16H18F3NO3. The van der Waals surface area contributed by atoms with Crippen LogP contribution in [0.15, 0.2) is 24.3 Å². The monoisotopic (exact) mass is 329 g/mol. The summed E-state index contributed by atoms with van der Waals surface area (Å²) in [4.78, 5) is 22.8. The summed E-state index contributed by atoms with van der Waals surface area (Å²) in [5.74, 6) is -2.00. The van der Waals surface area contributed by atoms with E-state index in [0.717, 1.165) is 5.56 Å². The van der Waals surface area contributed by atoms with Gasteiger partial charge in [-0.15, -0.1) is 0 Å². The summed E-state index contributed by atoms with van der Waals surface area (Å²) in [7, 11) is 0. The molecule has 1 amide bonds. The standard InChI is InChI=1S/C16H18F3NO3/c17-16(18,19)15(8-1-2-9-15)14(23)20-10-7-11-3-5-12(6-4-11)13(21)22/h3-6H,1-2,7-10H2,(H,20,23)(H,21,22). The molecule has 0 unspecified atom stereocenters. The van der Waals surface area contributed by atoms with E-state index in [1.807, 2.05) is 0 Å². The molecule has 1 aromatic rings. The van der Waals surface area contributed by atoms with Crippen molar-refractivity contribution >= 4 is 11.9 Å². The average molecular weight is 329 g/mol. The molecule has 126 valence electrons. The zero-order valence-corrected chi connectivity index (χ0v) is 12.4. The zero-order valence-electron chi connectivity index (χ0n) is 12.4. The number of hydrogen-bond donors (Lipinski definition) is 2. The van der Waals surface area contributed by atoms with Gasteiger partial charge >= 0.3 is 12.1 Å². The Bertz CT molecular complexity index is 575. The number of hydrogen-bond acceptors (Lipinski definition) is 2. The molecule has 4 nitrogen and oxygen atoms in total. The number of amides is 1. The summed E-state index contributed by atoms with van der Waals surface area (Å²) < 4.78 is 39.7. The second-order valence-corrected chi connectivity index (χ2v) is 5.79. The largest absolute Gasteiger partial charge is 0.478 e. The summed E-state index contributed by atoms with van der Waals surface area (Å²) in [5, 5.41) is 11.2. The van der Waals surface area contributed by atoms with Crippen LogP contribution in [-0.4, -0.2) is 29.7 Å². The Hall–Kier alpha value is -2.05. The molecule has 1 fully saturated rings. The van der Waals surface area contributed by atoms with Crippen LogP contribution in [0.1, 0.15) is 41.6 Å². The molecule has 23 heavy (non-hydrogen) atoms. The maximum absolute atomic E-state index is 13.2. The highest BCUT2D eigenvalue weighted by Gasteiger charge is 2.60. The van der Waals surface area contributed by atoms with Crippen molar-refractivity contribution in [1.29, 1.82) is 0 Å². The number of halogens is 3. The molecular weight excluding hydrogens is 311 g/mol. The molecule has 0 radical (unpaired) electrons. The Kier molecular flexibility index (Phi) is 4.97. The first-order chi connectivity index (χ1) is 10.8. The molecule has 1 aliphatic rings. The molecule has 2 rings (SSSR count). The van der Waals surface area contributed by atoms with Crippen molar-refractivity contribution in [3.8, 4) is 0 Å². The van der Waals surface area contributed by atoms with E-state index in [1.54, 1.807) is 12.1 Å². The first-order valence-corrected chi connectivity index (χ1v) is 7.43. The van der Waals surface area contributed by atoms with E-state index in [-0.39, 0.29) is 24.9 Å². The number of nitrogens with one attached hydrogen (secondary N) is 1. The van der Waals surface area contributed by atoms with Crippen LogP contribution in [-0.2, 0) is 11.2 Å². The normalized spacial score (nSPS) is 17.0. The third-order valence-electron chi connectivity index (χ3n) is 4.33. The number of alkyl halides is 3. The quantitative estimate of drug-likeness (QED) is 0.872. The number of carboxylic acids is 1. The van der Waals surface area contributed by atoms with Crippen LogP contribution < -0.4 is 5.32 Å². The Morgan fingerprint density at radius 3 is 2.17 bits per heavy atom. The number of carboxylic acid groups (broad SMARTS) is 1. The van der Waals surface area contributed by atoms with Crippen LogP contribution in [0.5, 0.6) is 0 Å². The fraction of sp³-hybridized carbons (Fsp3) is 0.500. The fourth-order valence-electron chi connectivity index (χ4n) is 2.92. The van der Waals surface area contributed by atoms with E-state index >= 15 is 0 Å². The van der Waals surface area contributed by atoms with E-state index in [1.165, 1.54) is 12.1 Å². The van der Waals surface area contributed by atoms with Gasteiger partial charge in [0.25, 0.3) is 0 Å². The molecule has 0 saturated heterocycles. The third-order valence-corrected chi connectivity index (χ3v) is 4.33. The maximum atomic E-state index is 13.2. The molecule has 0 atom stereocenters. The minimum atomic E-state index is -4.53. The third kappa shape index (κ3) is 3.65. The van der Waals surface area contributed by atoms with Crippen LogP contribution in [0.3, 0.4) is 0 Å². The van der Waals surface area contributed by atoms with Gasteiger partial charge in [-0.2, -0.15) is 13.2 Å². The Balaban J connectivity index is 1.92. The predicted molar refractivity (Wildman–Crippen MR) is 77.1 cm³/mol. The summed E-state index contributed by atoms with van der Waals surface area (Å²) >= 11 is 0. The lowest BCUT2D eigenvalue weighted by Gasteiger charge is -2.30. The van der Waals surface area contributed by atoms with Gasteiger partial charge in [-0.1, -0.05) is 25.0 Å². The molecule has 1 aromatic carbocycles. The van der Waals surface area contributed by atoms with Gasteiger partial charge in [0.1, 0.15) is 5.41 Å². The Morgan fingerprint density at radius 1 is 1.13 bits per heavy atom. The van der Waals surface area contributed by atoms with E-state index in [9.17, 15) is 22.8 Å². The Morgan fingerprint density at radius 2 is 1.70 bits per heavy atom. The molecule has 0 spiro atoms. The minimum absolute atomic E-state index is 0.0864. The van der Waals surface area contributed by atoms with Gasteiger partial charge in [0.05, 0.1) is 5.56 Å². The highest BCUT2D eigenvalue weighted by atomic mass is 19.4. The van der Waals surface area contributed by atoms with E-state index < -0.39 is 23.5 Å². The van der Waals surface area contributed by atoms with Crippen molar-refractivity contribution in [2.75, 3.05) is 6.54 Å². The fourth-order valence-corrected chi connectivity index (χ4v) is 2.92. The molecule has 0 aliphatic heterocycles. The van der Waals surface area contributed by atoms with Crippen molar-refractivity contribution in [3.63, 3.8) is 0 Å². The maximum Gasteiger partial charge on any atom is 0.403 e. The van der Waals surface area contributed by atoms with Crippen LogP contribution in [0.25, 0.3) is 0 Å². The second-order valence-electron chi connectivity index (χ2n) is 5.79. The highest BCUT2D eigenvalue weighted by molar-refractivity contribution is 5.87. The lowest BCUT2D eigenvalue weighted by atomic mass is 9.84. The van der Waals surface area contributed by atoms with Gasteiger partial charge in [0, 0.05) is 6.54 Å². The second kappa shape index (κ2) is 6.60. The number of rotatable bonds is 5. The van der Waals surface area contributed by atoms with Crippen LogP contribution in [0.2, 0.25) is 0 Å². The van der Waals surface area contributed by atoms with Gasteiger partial charge in [0.2, 0.25) is 5.91 Å². The molecule has 0 heterocycles. The van der Waals surface area contributed by atoms with Gasteiger partial charge in [0.15, 0.2) is 0 Å². The topological polar surface area (TPSA) is 66.4 Å². The number of benzene rings is 1. The lowest BCUT2D eigenvalue weighted by molar-refractivity contribution is -0.220. The van der Waals surface area contributed by atoms with E-state index in [2.05, 4.69) is 5.32 Å². The summed E-state index contributed by atoms with van der Waals surface area (Å²) in [6, 6.07) is 6.02. The van der Waals surface area contributed by atoms with Gasteiger partial charge in [-0.3, -0.25) is 4.79 Å². The van der Waals surface area contributed by atoms with Crippen molar-refractivity contribution in [2.24, 2.45) is 5.41 Å². The van der Waals surface area contributed by atoms with Crippen molar-refractivity contribution < 1.29 is 27.9 Å². The molecule has 1 aliphatic carbocycles. The van der Waals surface area contributed by atoms with E-state index in [4.69, 9.17) is 5.11 Å².